The van der Waals surface area contributed by atoms with Crippen LogP contribution in [0, 0.1) is 6.92 Å². The van der Waals surface area contributed by atoms with Gasteiger partial charge in [-0.05, 0) is 19.9 Å². The van der Waals surface area contributed by atoms with Crippen LogP contribution < -0.4 is 10.1 Å². The lowest BCUT2D eigenvalue weighted by molar-refractivity contribution is -0.154. The van der Waals surface area contributed by atoms with Gasteiger partial charge in [0.25, 0.3) is 5.91 Å². The van der Waals surface area contributed by atoms with Crippen LogP contribution in [-0.2, 0) is 0 Å². The van der Waals surface area contributed by atoms with Crippen molar-refractivity contribution in [1.29, 1.82) is 0 Å². The maximum Gasteiger partial charge on any atom is 0.422 e. The molecular formula is C13H13F3N4O3. The molecular weight excluding hydrogens is 317 g/mol. The number of nitrogens with one attached hydrogen (secondary N) is 1. The van der Waals surface area contributed by atoms with Crippen molar-refractivity contribution in [3.63, 3.8) is 0 Å². The Bertz CT molecular complexity index is 670. The molecule has 2 aromatic rings. The molecule has 0 aliphatic rings. The van der Waals surface area contributed by atoms with E-state index in [1.165, 1.54) is 12.1 Å². The third-order valence-electron chi connectivity index (χ3n) is 2.64. The standard InChI is InChI=1S/C13H13F3N4O3/c1-7(12-19-8(2)20-23-12)18-11(21)9-3-4-10(17-5-9)22-6-13(14,15)16/h3-5,7H,6H2,1-2H3,(H,18,21)/t7-/m0/s1. The number of pyridine rings is 1. The molecule has 0 bridgehead atoms. The lowest BCUT2D eigenvalue weighted by atomic mass is 10.2. The number of halogens is 3. The van der Waals surface area contributed by atoms with E-state index in [9.17, 15) is 18.0 Å². The van der Waals surface area contributed by atoms with E-state index in [1.807, 2.05) is 0 Å². The van der Waals surface area contributed by atoms with Gasteiger partial charge >= 0.3 is 6.18 Å². The van der Waals surface area contributed by atoms with Gasteiger partial charge in [0, 0.05) is 12.3 Å². The third kappa shape index (κ3) is 4.94. The second-order valence-electron chi connectivity index (χ2n) is 4.66. The van der Waals surface area contributed by atoms with Gasteiger partial charge in [0.15, 0.2) is 12.4 Å². The Hall–Kier alpha value is -2.65. The summed E-state index contributed by atoms with van der Waals surface area (Å²) in [7, 11) is 0. The summed E-state index contributed by atoms with van der Waals surface area (Å²) in [5, 5.41) is 6.22. The third-order valence-corrected chi connectivity index (χ3v) is 2.64. The van der Waals surface area contributed by atoms with Gasteiger partial charge in [-0.3, -0.25) is 4.79 Å². The molecule has 0 fully saturated rings. The largest absolute Gasteiger partial charge is 0.468 e. The summed E-state index contributed by atoms with van der Waals surface area (Å²) < 4.78 is 45.4. The van der Waals surface area contributed by atoms with Crippen molar-refractivity contribution in [2.45, 2.75) is 26.1 Å². The maximum absolute atomic E-state index is 12.0. The zero-order chi connectivity index (χ0) is 17.0. The molecule has 1 amide bonds. The summed E-state index contributed by atoms with van der Waals surface area (Å²) in [6, 6.07) is 1.96. The molecule has 0 aromatic carbocycles. The van der Waals surface area contributed by atoms with E-state index in [4.69, 9.17) is 4.52 Å². The molecule has 23 heavy (non-hydrogen) atoms. The van der Waals surface area contributed by atoms with Gasteiger partial charge in [0.05, 0.1) is 5.56 Å². The number of carbonyl (C=O) groups excluding carboxylic acids is 1. The normalized spacial score (nSPS) is 12.7. The monoisotopic (exact) mass is 330 g/mol. The quantitative estimate of drug-likeness (QED) is 0.904. The lowest BCUT2D eigenvalue weighted by Crippen LogP contribution is -2.27. The average Bonchev–Trinajstić information content (AvgIpc) is 2.91. The minimum atomic E-state index is -4.45. The number of aryl methyl sites for hydroxylation is 1. The van der Waals surface area contributed by atoms with Crippen LogP contribution in [0.1, 0.15) is 35.0 Å². The number of nitrogens with zero attached hydrogens (tertiary/aromatic N) is 3. The Morgan fingerprint density at radius 2 is 2.17 bits per heavy atom. The van der Waals surface area contributed by atoms with E-state index in [-0.39, 0.29) is 17.3 Å². The van der Waals surface area contributed by atoms with E-state index in [2.05, 4.69) is 25.2 Å². The average molecular weight is 330 g/mol. The Morgan fingerprint density at radius 3 is 2.70 bits per heavy atom. The van der Waals surface area contributed by atoms with E-state index in [0.29, 0.717) is 5.82 Å². The molecule has 10 heteroatoms. The van der Waals surface area contributed by atoms with Crippen LogP contribution >= 0.6 is 0 Å². The molecule has 0 aliphatic carbocycles. The molecule has 0 radical (unpaired) electrons. The molecule has 0 spiro atoms. The molecule has 2 aromatic heterocycles. The number of rotatable bonds is 5. The van der Waals surface area contributed by atoms with Gasteiger partial charge in [0.1, 0.15) is 6.04 Å². The summed E-state index contributed by atoms with van der Waals surface area (Å²) >= 11 is 0. The van der Waals surface area contributed by atoms with Gasteiger partial charge < -0.3 is 14.6 Å². The Balaban J connectivity index is 1.94. The minimum absolute atomic E-state index is 0.160. The van der Waals surface area contributed by atoms with Crippen molar-refractivity contribution in [3.8, 4) is 5.88 Å². The van der Waals surface area contributed by atoms with Crippen LogP contribution in [0.3, 0.4) is 0 Å². The van der Waals surface area contributed by atoms with Crippen LogP contribution in [-0.4, -0.2) is 33.8 Å². The van der Waals surface area contributed by atoms with Crippen molar-refractivity contribution < 1.29 is 27.2 Å². The Kier molecular flexibility index (Phi) is 4.82. The molecule has 124 valence electrons. The second-order valence-corrected chi connectivity index (χ2v) is 4.66. The van der Waals surface area contributed by atoms with Crippen LogP contribution in [0.2, 0.25) is 0 Å². The zero-order valence-electron chi connectivity index (χ0n) is 12.2. The van der Waals surface area contributed by atoms with Gasteiger partial charge in [-0.15, -0.1) is 0 Å². The topological polar surface area (TPSA) is 90.1 Å². The molecule has 2 rings (SSSR count). The van der Waals surface area contributed by atoms with Crippen molar-refractivity contribution in [2.24, 2.45) is 0 Å². The van der Waals surface area contributed by atoms with Crippen LogP contribution in [0.5, 0.6) is 5.88 Å². The highest BCUT2D eigenvalue weighted by molar-refractivity contribution is 5.94. The van der Waals surface area contributed by atoms with Gasteiger partial charge in [-0.1, -0.05) is 5.16 Å². The highest BCUT2D eigenvalue weighted by Crippen LogP contribution is 2.17. The predicted octanol–water partition coefficient (Wildman–Crippen LogP) is 2.21. The fourth-order valence-electron chi connectivity index (χ4n) is 1.59. The number of alkyl halides is 3. The first-order valence-electron chi connectivity index (χ1n) is 6.51. The molecule has 0 aliphatic heterocycles. The number of ether oxygens (including phenoxy) is 1. The first-order chi connectivity index (χ1) is 10.7. The molecule has 7 nitrogen and oxygen atoms in total. The van der Waals surface area contributed by atoms with Gasteiger partial charge in [-0.2, -0.15) is 18.2 Å². The molecule has 0 saturated heterocycles. The highest BCUT2D eigenvalue weighted by Gasteiger charge is 2.28. The first kappa shape index (κ1) is 16.7. The van der Waals surface area contributed by atoms with E-state index in [1.54, 1.807) is 13.8 Å². The van der Waals surface area contributed by atoms with Crippen LogP contribution in [0.15, 0.2) is 22.9 Å². The fourth-order valence-corrected chi connectivity index (χ4v) is 1.59. The van der Waals surface area contributed by atoms with Gasteiger partial charge in [0.2, 0.25) is 11.8 Å². The molecule has 1 N–H and O–H groups in total. The fraction of sp³-hybridized carbons (Fsp3) is 0.385. The van der Waals surface area contributed by atoms with Crippen molar-refractivity contribution in [1.82, 2.24) is 20.4 Å². The SMILES string of the molecule is Cc1noc([C@H](C)NC(=O)c2ccc(OCC(F)(F)F)nc2)n1. The van der Waals surface area contributed by atoms with Crippen LogP contribution in [0.25, 0.3) is 0 Å². The van der Waals surface area contributed by atoms with E-state index in [0.717, 1.165) is 6.20 Å². The molecule has 0 unspecified atom stereocenters. The number of hydrogen-bond donors (Lipinski definition) is 1. The maximum atomic E-state index is 12.0. The summed E-state index contributed by atoms with van der Waals surface area (Å²) in [6.45, 7) is 1.85. The number of amides is 1. The van der Waals surface area contributed by atoms with Crippen LogP contribution in [0.4, 0.5) is 13.2 Å². The Labute approximate surface area is 128 Å². The summed E-state index contributed by atoms with van der Waals surface area (Å²) in [5.74, 6) is -0.0226. The van der Waals surface area contributed by atoms with E-state index >= 15 is 0 Å². The minimum Gasteiger partial charge on any atom is -0.468 e. The summed E-state index contributed by atoms with van der Waals surface area (Å²) in [6.07, 6.45) is -3.33. The summed E-state index contributed by atoms with van der Waals surface area (Å²) in [5.41, 5.74) is 0.160. The number of hydrogen-bond acceptors (Lipinski definition) is 6. The summed E-state index contributed by atoms with van der Waals surface area (Å²) in [4.78, 5) is 19.6. The number of carbonyl (C=O) groups is 1. The molecule has 0 saturated carbocycles. The lowest BCUT2D eigenvalue weighted by Gasteiger charge is -2.10. The predicted molar refractivity (Wildman–Crippen MR) is 70.7 cm³/mol. The van der Waals surface area contributed by atoms with Gasteiger partial charge in [-0.25, -0.2) is 4.98 Å². The van der Waals surface area contributed by atoms with Crippen molar-refractivity contribution in [2.75, 3.05) is 6.61 Å². The molecule has 1 atom stereocenters. The van der Waals surface area contributed by atoms with Crippen molar-refractivity contribution >= 4 is 5.91 Å². The number of aromatic nitrogens is 3. The molecule has 2 heterocycles. The smallest absolute Gasteiger partial charge is 0.422 e. The first-order valence-corrected chi connectivity index (χ1v) is 6.51. The zero-order valence-corrected chi connectivity index (χ0v) is 12.2. The highest BCUT2D eigenvalue weighted by atomic mass is 19.4. The van der Waals surface area contributed by atoms with Crippen molar-refractivity contribution in [3.05, 3.63) is 35.6 Å². The van der Waals surface area contributed by atoms with E-state index < -0.39 is 24.7 Å². The Morgan fingerprint density at radius 1 is 1.43 bits per heavy atom. The second kappa shape index (κ2) is 6.63.